The zero-order chi connectivity index (χ0) is 15.4. The van der Waals surface area contributed by atoms with E-state index in [1.807, 2.05) is 30.6 Å². The number of hydrogen-bond donors (Lipinski definition) is 1. The molecule has 0 radical (unpaired) electrons. The molecule has 1 fully saturated rings. The number of nitrogens with zero attached hydrogens (tertiary/aromatic N) is 3. The molecule has 3 rings (SSSR count). The smallest absolute Gasteiger partial charge is 0.127 e. The monoisotopic (exact) mass is 336 g/mol. The molecule has 5 nitrogen and oxygen atoms in total. The standard InChI is InChI=1S/C17H24N4O.ClH/c1-22-16-7-9-20(15(11-16)12-18)13-17-19-8-10-21(17)14-5-3-2-4-6-14;/h2-6,8,10,15-16H,7,9,11-13,18H2,1H3;1H. The van der Waals surface area contributed by atoms with Gasteiger partial charge in [0.2, 0.25) is 0 Å². The Balaban J connectivity index is 0.00000192. The molecule has 0 aliphatic carbocycles. The van der Waals surface area contributed by atoms with Gasteiger partial charge in [-0.3, -0.25) is 4.90 Å². The van der Waals surface area contributed by atoms with Crippen molar-refractivity contribution < 1.29 is 4.74 Å². The predicted octanol–water partition coefficient (Wildman–Crippen LogP) is 2.23. The second kappa shape index (κ2) is 8.45. The van der Waals surface area contributed by atoms with E-state index in [9.17, 15) is 0 Å². The number of likely N-dealkylation sites (tertiary alicyclic amines) is 1. The van der Waals surface area contributed by atoms with Crippen LogP contribution in [0.15, 0.2) is 42.7 Å². The number of imidazole rings is 1. The number of rotatable bonds is 5. The van der Waals surface area contributed by atoms with Gasteiger partial charge in [-0.15, -0.1) is 12.4 Å². The van der Waals surface area contributed by atoms with Gasteiger partial charge >= 0.3 is 0 Å². The molecule has 6 heteroatoms. The Morgan fingerprint density at radius 3 is 2.78 bits per heavy atom. The fourth-order valence-electron chi connectivity index (χ4n) is 3.19. The topological polar surface area (TPSA) is 56.3 Å². The Kier molecular flexibility index (Phi) is 6.59. The fourth-order valence-corrected chi connectivity index (χ4v) is 3.19. The first-order chi connectivity index (χ1) is 10.8. The highest BCUT2D eigenvalue weighted by molar-refractivity contribution is 5.85. The second-order valence-corrected chi connectivity index (χ2v) is 5.79. The summed E-state index contributed by atoms with van der Waals surface area (Å²) in [5.41, 5.74) is 7.11. The summed E-state index contributed by atoms with van der Waals surface area (Å²) >= 11 is 0. The van der Waals surface area contributed by atoms with Crippen molar-refractivity contribution in [2.24, 2.45) is 5.73 Å². The SMILES string of the molecule is COC1CCN(Cc2nccn2-c2ccccc2)C(CN)C1.Cl. The van der Waals surface area contributed by atoms with Gasteiger partial charge in [-0.2, -0.15) is 0 Å². The maximum atomic E-state index is 5.96. The average molecular weight is 337 g/mol. The van der Waals surface area contributed by atoms with Gasteiger partial charge < -0.3 is 15.0 Å². The Labute approximate surface area is 143 Å². The van der Waals surface area contributed by atoms with Crippen LogP contribution in [-0.2, 0) is 11.3 Å². The van der Waals surface area contributed by atoms with Crippen molar-refractivity contribution in [2.75, 3.05) is 20.2 Å². The first-order valence-electron chi connectivity index (χ1n) is 7.86. The number of hydrogen-bond acceptors (Lipinski definition) is 4. The number of halogens is 1. The Hall–Kier alpha value is -1.40. The van der Waals surface area contributed by atoms with Crippen LogP contribution in [0.4, 0.5) is 0 Å². The van der Waals surface area contributed by atoms with Crippen molar-refractivity contribution in [3.8, 4) is 5.69 Å². The number of para-hydroxylation sites is 1. The van der Waals surface area contributed by atoms with E-state index in [1.165, 1.54) is 0 Å². The van der Waals surface area contributed by atoms with Gasteiger partial charge in [-0.05, 0) is 25.0 Å². The van der Waals surface area contributed by atoms with Crippen molar-refractivity contribution in [1.29, 1.82) is 0 Å². The van der Waals surface area contributed by atoms with Crippen LogP contribution in [-0.4, -0.2) is 46.8 Å². The molecule has 1 aliphatic heterocycles. The van der Waals surface area contributed by atoms with Crippen LogP contribution in [0.3, 0.4) is 0 Å². The van der Waals surface area contributed by atoms with Crippen LogP contribution in [0.1, 0.15) is 18.7 Å². The number of benzene rings is 1. The highest BCUT2D eigenvalue weighted by Gasteiger charge is 2.28. The molecule has 2 unspecified atom stereocenters. The normalized spacial score (nSPS) is 21.8. The number of nitrogens with two attached hydrogens (primary N) is 1. The molecule has 2 heterocycles. The van der Waals surface area contributed by atoms with Gasteiger partial charge in [0.15, 0.2) is 0 Å². The minimum atomic E-state index is 0. The maximum Gasteiger partial charge on any atom is 0.127 e. The van der Waals surface area contributed by atoms with E-state index in [0.717, 1.165) is 37.4 Å². The molecule has 0 amide bonds. The van der Waals surface area contributed by atoms with Crippen LogP contribution in [0.5, 0.6) is 0 Å². The van der Waals surface area contributed by atoms with Gasteiger partial charge in [-0.1, -0.05) is 18.2 Å². The second-order valence-electron chi connectivity index (χ2n) is 5.79. The Morgan fingerprint density at radius 1 is 1.30 bits per heavy atom. The van der Waals surface area contributed by atoms with E-state index in [2.05, 4.69) is 26.6 Å². The lowest BCUT2D eigenvalue weighted by Gasteiger charge is -2.38. The predicted molar refractivity (Wildman–Crippen MR) is 94.1 cm³/mol. The van der Waals surface area contributed by atoms with Gasteiger partial charge in [0.1, 0.15) is 5.82 Å². The van der Waals surface area contributed by atoms with E-state index in [1.54, 1.807) is 7.11 Å². The number of ether oxygens (including phenoxy) is 1. The summed E-state index contributed by atoms with van der Waals surface area (Å²) < 4.78 is 7.65. The molecule has 1 saturated heterocycles. The summed E-state index contributed by atoms with van der Waals surface area (Å²) in [5.74, 6) is 1.06. The zero-order valence-electron chi connectivity index (χ0n) is 13.5. The van der Waals surface area contributed by atoms with Crippen LogP contribution < -0.4 is 5.73 Å². The number of piperidine rings is 1. The third-order valence-electron chi connectivity index (χ3n) is 4.49. The first kappa shape index (κ1) is 17.9. The molecule has 0 bridgehead atoms. The fraction of sp³-hybridized carbons (Fsp3) is 0.471. The first-order valence-corrected chi connectivity index (χ1v) is 7.86. The molecule has 126 valence electrons. The van der Waals surface area contributed by atoms with Crippen LogP contribution >= 0.6 is 12.4 Å². The van der Waals surface area contributed by atoms with Crippen molar-refractivity contribution in [2.45, 2.75) is 31.5 Å². The van der Waals surface area contributed by atoms with Crippen LogP contribution in [0.2, 0.25) is 0 Å². The van der Waals surface area contributed by atoms with Gasteiger partial charge in [0.05, 0.1) is 12.6 Å². The summed E-state index contributed by atoms with van der Waals surface area (Å²) in [6.45, 7) is 2.48. The van der Waals surface area contributed by atoms with E-state index in [-0.39, 0.29) is 12.4 Å². The molecule has 2 N–H and O–H groups in total. The molecule has 0 saturated carbocycles. The molecule has 2 atom stereocenters. The average Bonchev–Trinajstić information content (AvgIpc) is 3.04. The van der Waals surface area contributed by atoms with Crippen molar-refractivity contribution >= 4 is 12.4 Å². The molecule has 0 spiro atoms. The Morgan fingerprint density at radius 2 is 2.09 bits per heavy atom. The quantitative estimate of drug-likeness (QED) is 0.909. The van der Waals surface area contributed by atoms with Crippen molar-refractivity contribution in [1.82, 2.24) is 14.5 Å². The summed E-state index contributed by atoms with van der Waals surface area (Å²) in [6.07, 6.45) is 6.27. The van der Waals surface area contributed by atoms with Crippen LogP contribution in [0.25, 0.3) is 5.69 Å². The lowest BCUT2D eigenvalue weighted by atomic mass is 9.99. The summed E-state index contributed by atoms with van der Waals surface area (Å²) in [4.78, 5) is 6.97. The van der Waals surface area contributed by atoms with Gasteiger partial charge in [0.25, 0.3) is 0 Å². The lowest BCUT2D eigenvalue weighted by molar-refractivity contribution is 0.00917. The molecular formula is C17H25ClN4O. The van der Waals surface area contributed by atoms with Crippen molar-refractivity contribution in [3.05, 3.63) is 48.5 Å². The van der Waals surface area contributed by atoms with E-state index in [0.29, 0.717) is 18.7 Å². The third kappa shape index (κ3) is 4.12. The minimum absolute atomic E-state index is 0. The Bertz CT molecular complexity index is 589. The molecular weight excluding hydrogens is 312 g/mol. The summed E-state index contributed by atoms with van der Waals surface area (Å²) in [5, 5.41) is 0. The van der Waals surface area contributed by atoms with Crippen molar-refractivity contribution in [3.63, 3.8) is 0 Å². The lowest BCUT2D eigenvalue weighted by Crippen LogP contribution is -2.48. The number of aromatic nitrogens is 2. The number of methoxy groups -OCH3 is 1. The zero-order valence-corrected chi connectivity index (χ0v) is 14.3. The van der Waals surface area contributed by atoms with Gasteiger partial charge in [0, 0.05) is 44.3 Å². The molecule has 1 aromatic carbocycles. The molecule has 2 aromatic rings. The highest BCUT2D eigenvalue weighted by Crippen LogP contribution is 2.21. The van der Waals surface area contributed by atoms with E-state index < -0.39 is 0 Å². The molecule has 1 aliphatic rings. The van der Waals surface area contributed by atoms with E-state index in [4.69, 9.17) is 10.5 Å². The van der Waals surface area contributed by atoms with Gasteiger partial charge in [-0.25, -0.2) is 4.98 Å². The molecule has 1 aromatic heterocycles. The van der Waals surface area contributed by atoms with Crippen LogP contribution in [0, 0.1) is 0 Å². The summed E-state index contributed by atoms with van der Waals surface area (Å²) in [6, 6.07) is 10.7. The largest absolute Gasteiger partial charge is 0.381 e. The minimum Gasteiger partial charge on any atom is -0.381 e. The maximum absolute atomic E-state index is 5.96. The summed E-state index contributed by atoms with van der Waals surface area (Å²) in [7, 11) is 1.79. The third-order valence-corrected chi connectivity index (χ3v) is 4.49. The van der Waals surface area contributed by atoms with E-state index >= 15 is 0 Å². The highest BCUT2D eigenvalue weighted by atomic mass is 35.5. The molecule has 23 heavy (non-hydrogen) atoms.